The van der Waals surface area contributed by atoms with Gasteiger partial charge in [0.15, 0.2) is 0 Å². The fourth-order valence-electron chi connectivity index (χ4n) is 3.67. The van der Waals surface area contributed by atoms with Crippen molar-refractivity contribution in [3.05, 3.63) is 71.8 Å². The van der Waals surface area contributed by atoms with E-state index in [-0.39, 0.29) is 5.92 Å². The Kier molecular flexibility index (Phi) is 5.78. The molecule has 1 fully saturated rings. The molecular weight excluding hydrogens is 398 g/mol. The summed E-state index contributed by atoms with van der Waals surface area (Å²) in [6, 6.07) is 11.1. The van der Waals surface area contributed by atoms with Crippen LogP contribution in [0.25, 0.3) is 0 Å². The van der Waals surface area contributed by atoms with Crippen molar-refractivity contribution < 1.29 is 8.42 Å². The Hall–Kier alpha value is -2.84. The van der Waals surface area contributed by atoms with Gasteiger partial charge >= 0.3 is 0 Å². The van der Waals surface area contributed by atoms with E-state index in [0.717, 1.165) is 29.7 Å². The number of aromatic nitrogens is 3. The highest BCUT2D eigenvalue weighted by Crippen LogP contribution is 2.30. The SMILES string of the molecule is Cc1ccc(S(=O)(=O)N2CCC[C@@H](c3cccc(Nc4cnccn4)n3)C2)cc1C. The number of piperidine rings is 1. The van der Waals surface area contributed by atoms with Crippen LogP contribution < -0.4 is 5.32 Å². The fraction of sp³-hybridized carbons (Fsp3) is 0.318. The van der Waals surface area contributed by atoms with Crippen molar-refractivity contribution in [2.24, 2.45) is 0 Å². The molecule has 0 spiro atoms. The van der Waals surface area contributed by atoms with Crippen LogP contribution in [0, 0.1) is 13.8 Å². The zero-order valence-corrected chi connectivity index (χ0v) is 17.9. The third-order valence-electron chi connectivity index (χ3n) is 5.51. The molecule has 1 aliphatic heterocycles. The molecule has 1 aliphatic rings. The molecule has 1 atom stereocenters. The normalized spacial score (nSPS) is 17.6. The maximum atomic E-state index is 13.2. The van der Waals surface area contributed by atoms with E-state index in [9.17, 15) is 8.42 Å². The van der Waals surface area contributed by atoms with E-state index >= 15 is 0 Å². The van der Waals surface area contributed by atoms with Gasteiger partial charge in [-0.15, -0.1) is 0 Å². The van der Waals surface area contributed by atoms with E-state index in [1.165, 1.54) is 0 Å². The highest BCUT2D eigenvalue weighted by atomic mass is 32.2. The van der Waals surface area contributed by atoms with Gasteiger partial charge in [0.2, 0.25) is 10.0 Å². The molecule has 3 aromatic rings. The van der Waals surface area contributed by atoms with E-state index in [1.807, 2.05) is 38.1 Å². The van der Waals surface area contributed by atoms with Crippen LogP contribution in [0.15, 0.2) is 59.9 Å². The number of sulfonamides is 1. The smallest absolute Gasteiger partial charge is 0.243 e. The number of benzene rings is 1. The van der Waals surface area contributed by atoms with E-state index in [1.54, 1.807) is 35.0 Å². The van der Waals surface area contributed by atoms with E-state index in [0.29, 0.717) is 29.6 Å². The van der Waals surface area contributed by atoms with Gasteiger partial charge in [0.1, 0.15) is 11.6 Å². The first-order valence-electron chi connectivity index (χ1n) is 10.0. The molecule has 0 bridgehead atoms. The molecule has 1 N–H and O–H groups in total. The summed E-state index contributed by atoms with van der Waals surface area (Å²) in [5.74, 6) is 1.33. The second kappa shape index (κ2) is 8.49. The lowest BCUT2D eigenvalue weighted by atomic mass is 9.95. The van der Waals surface area contributed by atoms with Crippen molar-refractivity contribution in [3.63, 3.8) is 0 Å². The lowest BCUT2D eigenvalue weighted by Crippen LogP contribution is -2.39. The maximum Gasteiger partial charge on any atom is 0.243 e. The summed E-state index contributed by atoms with van der Waals surface area (Å²) in [6.45, 7) is 4.88. The molecular formula is C22H25N5O2S. The first kappa shape index (κ1) is 20.4. The van der Waals surface area contributed by atoms with Crippen LogP contribution in [0.2, 0.25) is 0 Å². The van der Waals surface area contributed by atoms with Crippen molar-refractivity contribution >= 4 is 21.7 Å². The predicted octanol–water partition coefficient (Wildman–Crippen LogP) is 3.80. The summed E-state index contributed by atoms with van der Waals surface area (Å²) in [5, 5.41) is 3.15. The summed E-state index contributed by atoms with van der Waals surface area (Å²) in [4.78, 5) is 13.3. The lowest BCUT2D eigenvalue weighted by Gasteiger charge is -2.32. The van der Waals surface area contributed by atoms with Crippen LogP contribution >= 0.6 is 0 Å². The molecule has 0 aliphatic carbocycles. The zero-order valence-electron chi connectivity index (χ0n) is 17.1. The van der Waals surface area contributed by atoms with E-state index in [2.05, 4.69) is 15.3 Å². The number of hydrogen-bond acceptors (Lipinski definition) is 6. The van der Waals surface area contributed by atoms with Crippen LogP contribution in [0.5, 0.6) is 0 Å². The van der Waals surface area contributed by atoms with E-state index < -0.39 is 10.0 Å². The van der Waals surface area contributed by atoms with Gasteiger partial charge in [-0.3, -0.25) is 4.98 Å². The van der Waals surface area contributed by atoms with Gasteiger partial charge in [-0.05, 0) is 62.1 Å². The average Bonchev–Trinajstić information content (AvgIpc) is 2.76. The number of hydrogen-bond donors (Lipinski definition) is 1. The first-order chi connectivity index (χ1) is 14.4. The lowest BCUT2D eigenvalue weighted by molar-refractivity contribution is 0.313. The standard InChI is InChI=1S/C22H25N5O2S/c1-16-8-9-19(13-17(16)2)30(28,29)27-12-4-5-18(15-27)20-6-3-7-21(25-20)26-22-14-23-10-11-24-22/h3,6-11,13-14,18H,4-5,12,15H2,1-2H3,(H,24,25,26)/t18-/m1/s1. The highest BCUT2D eigenvalue weighted by molar-refractivity contribution is 7.89. The summed E-state index contributed by atoms with van der Waals surface area (Å²) in [6.07, 6.45) is 6.57. The molecule has 7 nitrogen and oxygen atoms in total. The van der Waals surface area contributed by atoms with Crippen LogP contribution in [-0.2, 0) is 10.0 Å². The number of anilines is 2. The molecule has 4 rings (SSSR count). The molecule has 0 unspecified atom stereocenters. The Morgan fingerprint density at radius 2 is 1.93 bits per heavy atom. The Labute approximate surface area is 177 Å². The number of rotatable bonds is 5. The zero-order chi connectivity index (χ0) is 21.1. The Balaban J connectivity index is 1.54. The van der Waals surface area contributed by atoms with E-state index in [4.69, 9.17) is 4.98 Å². The number of nitrogens with one attached hydrogen (secondary N) is 1. The molecule has 1 saturated heterocycles. The molecule has 2 aromatic heterocycles. The molecule has 1 aromatic carbocycles. The molecule has 3 heterocycles. The second-order valence-corrected chi connectivity index (χ2v) is 9.55. The van der Waals surface area contributed by atoms with Crippen molar-refractivity contribution in [3.8, 4) is 0 Å². The van der Waals surface area contributed by atoms with Crippen molar-refractivity contribution in [2.75, 3.05) is 18.4 Å². The highest BCUT2D eigenvalue weighted by Gasteiger charge is 2.31. The van der Waals surface area contributed by atoms with Gasteiger partial charge in [-0.25, -0.2) is 18.4 Å². The summed E-state index contributed by atoms with van der Waals surface area (Å²) in [5.41, 5.74) is 2.94. The van der Waals surface area contributed by atoms with Crippen molar-refractivity contribution in [1.29, 1.82) is 0 Å². The third kappa shape index (κ3) is 4.34. The van der Waals surface area contributed by atoms with Crippen LogP contribution in [0.1, 0.15) is 35.6 Å². The molecule has 0 saturated carbocycles. The summed E-state index contributed by atoms with van der Waals surface area (Å²) in [7, 11) is -3.53. The summed E-state index contributed by atoms with van der Waals surface area (Å²) >= 11 is 0. The van der Waals surface area contributed by atoms with Gasteiger partial charge in [-0.1, -0.05) is 12.1 Å². The molecule has 30 heavy (non-hydrogen) atoms. The number of pyridine rings is 1. The fourth-order valence-corrected chi connectivity index (χ4v) is 5.28. The Morgan fingerprint density at radius 1 is 1.07 bits per heavy atom. The molecule has 156 valence electrons. The summed E-state index contributed by atoms with van der Waals surface area (Å²) < 4.78 is 28.0. The topological polar surface area (TPSA) is 88.1 Å². The maximum absolute atomic E-state index is 13.2. The third-order valence-corrected chi connectivity index (χ3v) is 7.37. The van der Waals surface area contributed by atoms with Crippen molar-refractivity contribution in [1.82, 2.24) is 19.3 Å². The molecule has 0 radical (unpaired) electrons. The van der Waals surface area contributed by atoms with Gasteiger partial charge in [-0.2, -0.15) is 4.31 Å². The number of nitrogens with zero attached hydrogens (tertiary/aromatic N) is 4. The van der Waals surface area contributed by atoms with Crippen LogP contribution in [0.3, 0.4) is 0 Å². The Bertz CT molecular complexity index is 1140. The second-order valence-electron chi connectivity index (χ2n) is 7.61. The minimum Gasteiger partial charge on any atom is -0.324 e. The van der Waals surface area contributed by atoms with Crippen LogP contribution in [0.4, 0.5) is 11.6 Å². The Morgan fingerprint density at radius 3 is 2.70 bits per heavy atom. The monoisotopic (exact) mass is 423 g/mol. The average molecular weight is 424 g/mol. The quantitative estimate of drug-likeness (QED) is 0.672. The number of aryl methyl sites for hydroxylation is 2. The van der Waals surface area contributed by atoms with Crippen molar-refractivity contribution in [2.45, 2.75) is 37.5 Å². The molecule has 8 heteroatoms. The van der Waals surface area contributed by atoms with Gasteiger partial charge in [0.05, 0.1) is 11.1 Å². The van der Waals surface area contributed by atoms with Gasteiger partial charge in [0.25, 0.3) is 0 Å². The van der Waals surface area contributed by atoms with Crippen LogP contribution in [-0.4, -0.2) is 40.8 Å². The molecule has 0 amide bonds. The predicted molar refractivity (Wildman–Crippen MR) is 116 cm³/mol. The minimum absolute atomic E-state index is 0.0451. The van der Waals surface area contributed by atoms with Gasteiger partial charge < -0.3 is 5.32 Å². The largest absolute Gasteiger partial charge is 0.324 e. The first-order valence-corrected chi connectivity index (χ1v) is 11.4. The minimum atomic E-state index is -3.53. The van der Waals surface area contributed by atoms with Gasteiger partial charge in [0, 0.05) is 37.1 Å².